The van der Waals surface area contributed by atoms with Crippen LogP contribution in [-0.4, -0.2) is 38.0 Å². The zero-order chi connectivity index (χ0) is 15.3. The van der Waals surface area contributed by atoms with E-state index in [4.69, 9.17) is 0 Å². The van der Waals surface area contributed by atoms with Crippen molar-refractivity contribution in [3.05, 3.63) is 33.8 Å². The highest BCUT2D eigenvalue weighted by Crippen LogP contribution is 2.35. The zero-order valence-corrected chi connectivity index (χ0v) is 12.8. The van der Waals surface area contributed by atoms with Crippen LogP contribution in [0.4, 0.5) is 13.2 Å². The number of rotatable bonds is 5. The molecule has 0 aliphatic rings. The molecule has 0 bridgehead atoms. The van der Waals surface area contributed by atoms with Crippen molar-refractivity contribution in [2.24, 2.45) is 0 Å². The summed E-state index contributed by atoms with van der Waals surface area (Å²) in [6, 6.07) is 3.51. The Bertz CT molecular complexity index is 477. The molecule has 7 heteroatoms. The molecule has 0 aliphatic carbocycles. The van der Waals surface area contributed by atoms with Crippen LogP contribution in [0.1, 0.15) is 22.3 Å². The minimum atomic E-state index is -4.49. The fraction of sp³-hybridized carbons (Fsp3) is 0.462. The summed E-state index contributed by atoms with van der Waals surface area (Å²) in [7, 11) is 3.37. The van der Waals surface area contributed by atoms with Gasteiger partial charge in [0.1, 0.15) is 0 Å². The summed E-state index contributed by atoms with van der Waals surface area (Å²) in [5.41, 5.74) is -0.806. The Kier molecular flexibility index (Phi) is 6.01. The lowest BCUT2D eigenvalue weighted by atomic mass is 10.1. The number of halogens is 4. The topological polar surface area (TPSA) is 32.3 Å². The molecule has 0 spiro atoms. The maximum Gasteiger partial charge on any atom is 0.417 e. The largest absolute Gasteiger partial charge is 0.417 e. The van der Waals surface area contributed by atoms with Gasteiger partial charge in [-0.05, 0) is 38.2 Å². The van der Waals surface area contributed by atoms with Crippen molar-refractivity contribution in [1.82, 2.24) is 10.2 Å². The van der Waals surface area contributed by atoms with Crippen LogP contribution in [0.3, 0.4) is 0 Å². The summed E-state index contributed by atoms with van der Waals surface area (Å²) < 4.78 is 38.3. The number of hydrogen-bond acceptors (Lipinski definition) is 2. The fourth-order valence-corrected chi connectivity index (χ4v) is 2.16. The monoisotopic (exact) mass is 352 g/mol. The highest BCUT2D eigenvalue weighted by atomic mass is 79.9. The van der Waals surface area contributed by atoms with Gasteiger partial charge in [-0.15, -0.1) is 0 Å². The first-order valence-electron chi connectivity index (χ1n) is 6.04. The third kappa shape index (κ3) is 4.49. The first-order chi connectivity index (χ1) is 9.27. The summed E-state index contributed by atoms with van der Waals surface area (Å²) in [6.45, 7) is 1.23. The maximum atomic E-state index is 12.8. The van der Waals surface area contributed by atoms with Crippen molar-refractivity contribution in [2.45, 2.75) is 12.6 Å². The van der Waals surface area contributed by atoms with E-state index in [1.54, 1.807) is 14.1 Å². The second-order valence-electron chi connectivity index (χ2n) is 4.38. The van der Waals surface area contributed by atoms with E-state index >= 15 is 0 Å². The average molecular weight is 353 g/mol. The van der Waals surface area contributed by atoms with E-state index in [0.29, 0.717) is 6.54 Å². The first-order valence-corrected chi connectivity index (χ1v) is 6.83. The summed E-state index contributed by atoms with van der Waals surface area (Å²) in [5, 5.41) is 2.95. The van der Waals surface area contributed by atoms with Gasteiger partial charge in [-0.1, -0.05) is 15.9 Å². The second kappa shape index (κ2) is 7.08. The third-order valence-electron chi connectivity index (χ3n) is 2.79. The molecule has 1 aromatic rings. The fourth-order valence-electron chi connectivity index (χ4n) is 1.69. The standard InChI is InChI=1S/C13H16BrF3N2O/c1-18-6-3-7-19(2)12(20)9-4-5-11(14)10(8-9)13(15,16)17/h4-5,8,18H,3,6-7H2,1-2H3. The molecular formula is C13H16BrF3N2O. The third-order valence-corrected chi connectivity index (χ3v) is 3.48. The summed E-state index contributed by atoms with van der Waals surface area (Å²) in [6.07, 6.45) is -3.75. The quantitative estimate of drug-likeness (QED) is 0.825. The number of alkyl halides is 3. The number of amides is 1. The van der Waals surface area contributed by atoms with Crippen LogP contribution in [0.25, 0.3) is 0 Å². The predicted molar refractivity (Wildman–Crippen MR) is 74.6 cm³/mol. The molecule has 0 unspecified atom stereocenters. The SMILES string of the molecule is CNCCCN(C)C(=O)c1ccc(Br)c(C(F)(F)F)c1. The van der Waals surface area contributed by atoms with Gasteiger partial charge in [0.25, 0.3) is 5.91 Å². The van der Waals surface area contributed by atoms with Gasteiger partial charge in [0.2, 0.25) is 0 Å². The van der Waals surface area contributed by atoms with E-state index in [1.165, 1.54) is 17.0 Å². The Balaban J connectivity index is 2.89. The van der Waals surface area contributed by atoms with E-state index in [2.05, 4.69) is 21.2 Å². The van der Waals surface area contributed by atoms with E-state index in [1.807, 2.05) is 0 Å². The molecule has 0 fully saturated rings. The van der Waals surface area contributed by atoms with E-state index in [-0.39, 0.29) is 10.0 Å². The summed E-state index contributed by atoms with van der Waals surface area (Å²) in [5.74, 6) is -0.417. The molecule has 0 saturated heterocycles. The predicted octanol–water partition coefficient (Wildman–Crippen LogP) is 3.15. The molecule has 3 nitrogen and oxygen atoms in total. The number of carbonyl (C=O) groups is 1. The Labute approximate surface area is 124 Å². The van der Waals surface area contributed by atoms with Gasteiger partial charge in [0.05, 0.1) is 5.56 Å². The van der Waals surface area contributed by atoms with Gasteiger partial charge in [-0.2, -0.15) is 13.2 Å². The van der Waals surface area contributed by atoms with Crippen molar-refractivity contribution in [3.63, 3.8) is 0 Å². The van der Waals surface area contributed by atoms with Crippen molar-refractivity contribution >= 4 is 21.8 Å². The lowest BCUT2D eigenvalue weighted by Crippen LogP contribution is -2.29. The Hall–Kier alpha value is -1.08. The molecule has 0 saturated carbocycles. The molecule has 0 heterocycles. The lowest BCUT2D eigenvalue weighted by Gasteiger charge is -2.18. The van der Waals surface area contributed by atoms with Crippen LogP contribution in [-0.2, 0) is 6.18 Å². The smallest absolute Gasteiger partial charge is 0.342 e. The molecule has 112 valence electrons. The van der Waals surface area contributed by atoms with Crippen molar-refractivity contribution in [1.29, 1.82) is 0 Å². The highest BCUT2D eigenvalue weighted by molar-refractivity contribution is 9.10. The molecule has 0 aromatic heterocycles. The molecule has 1 N–H and O–H groups in total. The van der Waals surface area contributed by atoms with Gasteiger partial charge in [-0.3, -0.25) is 4.79 Å². The molecule has 1 aromatic carbocycles. The Morgan fingerprint density at radius 1 is 1.40 bits per heavy atom. The normalized spacial score (nSPS) is 11.5. The Morgan fingerprint density at radius 3 is 2.60 bits per heavy atom. The number of carbonyl (C=O) groups excluding carboxylic acids is 1. The van der Waals surface area contributed by atoms with Gasteiger partial charge in [-0.25, -0.2) is 0 Å². The van der Waals surface area contributed by atoms with E-state index in [0.717, 1.165) is 19.0 Å². The van der Waals surface area contributed by atoms with Crippen molar-refractivity contribution in [3.8, 4) is 0 Å². The molecule has 1 amide bonds. The van der Waals surface area contributed by atoms with Gasteiger partial charge >= 0.3 is 6.18 Å². The highest BCUT2D eigenvalue weighted by Gasteiger charge is 2.33. The minimum Gasteiger partial charge on any atom is -0.342 e. The molecule has 20 heavy (non-hydrogen) atoms. The van der Waals surface area contributed by atoms with Gasteiger partial charge in [0, 0.05) is 23.6 Å². The second-order valence-corrected chi connectivity index (χ2v) is 5.23. The van der Waals surface area contributed by atoms with Crippen LogP contribution < -0.4 is 5.32 Å². The summed E-state index contributed by atoms with van der Waals surface area (Å²) in [4.78, 5) is 13.5. The molecule has 1 rings (SSSR count). The maximum absolute atomic E-state index is 12.8. The molecule has 0 aliphatic heterocycles. The van der Waals surface area contributed by atoms with Crippen LogP contribution in [0.15, 0.2) is 22.7 Å². The number of hydrogen-bond donors (Lipinski definition) is 1. The summed E-state index contributed by atoms with van der Waals surface area (Å²) >= 11 is 2.85. The van der Waals surface area contributed by atoms with Crippen molar-refractivity contribution < 1.29 is 18.0 Å². The molecular weight excluding hydrogens is 337 g/mol. The van der Waals surface area contributed by atoms with E-state index in [9.17, 15) is 18.0 Å². The van der Waals surface area contributed by atoms with Crippen molar-refractivity contribution in [2.75, 3.05) is 27.2 Å². The first kappa shape index (κ1) is 17.0. The minimum absolute atomic E-state index is 0.0347. The number of nitrogens with one attached hydrogen (secondary N) is 1. The molecule has 0 atom stereocenters. The van der Waals surface area contributed by atoms with Crippen LogP contribution in [0.5, 0.6) is 0 Å². The zero-order valence-electron chi connectivity index (χ0n) is 11.2. The lowest BCUT2D eigenvalue weighted by molar-refractivity contribution is -0.138. The van der Waals surface area contributed by atoms with Gasteiger partial charge < -0.3 is 10.2 Å². The van der Waals surface area contributed by atoms with Crippen LogP contribution >= 0.6 is 15.9 Å². The van der Waals surface area contributed by atoms with Gasteiger partial charge in [0.15, 0.2) is 0 Å². The average Bonchev–Trinajstić information content (AvgIpc) is 2.37. The van der Waals surface area contributed by atoms with Crippen LogP contribution in [0, 0.1) is 0 Å². The molecule has 0 radical (unpaired) electrons. The number of nitrogens with zero attached hydrogens (tertiary/aromatic N) is 1. The van der Waals surface area contributed by atoms with E-state index < -0.39 is 17.6 Å². The Morgan fingerprint density at radius 2 is 2.05 bits per heavy atom. The van der Waals surface area contributed by atoms with Crippen LogP contribution in [0.2, 0.25) is 0 Å². The number of benzene rings is 1.